The Balaban J connectivity index is 0.00000304. The Bertz CT molecular complexity index is 1450. The molecule has 1 fully saturated rings. The Morgan fingerprint density at radius 2 is 1.86 bits per heavy atom. The van der Waals surface area contributed by atoms with E-state index in [4.69, 9.17) is 11.6 Å². The van der Waals surface area contributed by atoms with Crippen molar-refractivity contribution in [1.82, 2.24) is 19.7 Å². The highest BCUT2D eigenvalue weighted by Gasteiger charge is 2.27. The zero-order valence-corrected chi connectivity index (χ0v) is 21.2. The second-order valence-electron chi connectivity index (χ2n) is 8.23. The third-order valence-corrected chi connectivity index (χ3v) is 8.59. The maximum absolute atomic E-state index is 13.2. The molecule has 0 spiro atoms. The number of amides is 1. The van der Waals surface area contributed by atoms with Crippen LogP contribution in [0, 0.1) is 0 Å². The van der Waals surface area contributed by atoms with Crippen molar-refractivity contribution in [2.24, 2.45) is 0 Å². The Hall–Kier alpha value is -3.15. The first-order valence-electron chi connectivity index (χ1n) is 11.0. The van der Waals surface area contributed by atoms with Crippen molar-refractivity contribution in [2.75, 3.05) is 35.8 Å². The van der Waals surface area contributed by atoms with Gasteiger partial charge in [-0.1, -0.05) is 29.0 Å². The van der Waals surface area contributed by atoms with Crippen LogP contribution in [0.5, 0.6) is 0 Å². The van der Waals surface area contributed by atoms with Crippen LogP contribution in [0.25, 0.3) is 10.9 Å². The van der Waals surface area contributed by atoms with Crippen LogP contribution < -0.4 is 9.62 Å². The van der Waals surface area contributed by atoms with Crippen LogP contribution in [0.4, 0.5) is 10.8 Å². The molecule has 9 nitrogen and oxygen atoms in total. The fraction of sp³-hybridized carbons (Fsp3) is 0.261. The number of carbonyl (C=O) groups excluding carboxylic acids is 1. The van der Waals surface area contributed by atoms with Gasteiger partial charge in [0, 0.05) is 49.9 Å². The number of benzene rings is 2. The average Bonchev–Trinajstić information content (AvgIpc) is 3.54. The van der Waals surface area contributed by atoms with E-state index in [0.29, 0.717) is 31.2 Å². The number of halogens is 1. The Labute approximate surface area is 213 Å². The monoisotopic (exact) mass is 532 g/mol. The molecular weight excluding hydrogens is 508 g/mol. The van der Waals surface area contributed by atoms with E-state index in [9.17, 15) is 13.2 Å². The number of sulfonamides is 1. The molecule has 35 heavy (non-hydrogen) atoms. The SMILES string of the molecule is CC(C(=O)N1CCN(c2ccc(S(=O)(=O)Nc3nncs3)cc2)CC1)n1ccc2c(Cl)cccc21.[HH]. The summed E-state index contributed by atoms with van der Waals surface area (Å²) in [5, 5.41) is 9.18. The molecule has 1 amide bonds. The van der Waals surface area contributed by atoms with Crippen LogP contribution in [0.2, 0.25) is 5.02 Å². The third-order valence-electron chi connectivity index (χ3n) is 6.17. The highest BCUT2D eigenvalue weighted by molar-refractivity contribution is 7.93. The number of aromatic nitrogens is 3. The Kier molecular flexibility index (Phi) is 6.39. The molecule has 12 heteroatoms. The minimum Gasteiger partial charge on any atom is -0.368 e. The zero-order valence-electron chi connectivity index (χ0n) is 18.8. The molecule has 1 atom stereocenters. The summed E-state index contributed by atoms with van der Waals surface area (Å²) in [6.07, 6.45) is 1.91. The van der Waals surface area contributed by atoms with Crippen molar-refractivity contribution >= 4 is 60.6 Å². The lowest BCUT2D eigenvalue weighted by Gasteiger charge is -2.37. The number of nitrogens with zero attached hydrogens (tertiary/aromatic N) is 5. The van der Waals surface area contributed by atoms with Crippen molar-refractivity contribution in [3.8, 4) is 0 Å². The Morgan fingerprint density at radius 1 is 1.11 bits per heavy atom. The van der Waals surface area contributed by atoms with E-state index in [2.05, 4.69) is 19.8 Å². The van der Waals surface area contributed by atoms with E-state index in [0.717, 1.165) is 27.9 Å². The van der Waals surface area contributed by atoms with E-state index in [-0.39, 0.29) is 23.4 Å². The van der Waals surface area contributed by atoms with E-state index in [1.54, 1.807) is 24.3 Å². The lowest BCUT2D eigenvalue weighted by Crippen LogP contribution is -2.50. The second kappa shape index (κ2) is 9.48. The summed E-state index contributed by atoms with van der Waals surface area (Å²) in [5.74, 6) is 0.0614. The normalized spacial score (nSPS) is 15.4. The first kappa shape index (κ1) is 23.6. The summed E-state index contributed by atoms with van der Waals surface area (Å²) in [7, 11) is -3.72. The van der Waals surface area contributed by atoms with Gasteiger partial charge in [0.05, 0.1) is 10.4 Å². The molecule has 0 radical (unpaired) electrons. The largest absolute Gasteiger partial charge is 0.368 e. The van der Waals surface area contributed by atoms with Gasteiger partial charge in [-0.15, -0.1) is 10.2 Å². The van der Waals surface area contributed by atoms with Crippen molar-refractivity contribution in [3.63, 3.8) is 0 Å². The molecule has 2 aromatic heterocycles. The van der Waals surface area contributed by atoms with Crippen molar-refractivity contribution in [1.29, 1.82) is 0 Å². The molecule has 1 saturated heterocycles. The quantitative estimate of drug-likeness (QED) is 0.401. The van der Waals surface area contributed by atoms with Gasteiger partial charge < -0.3 is 14.4 Å². The number of carbonyl (C=O) groups is 1. The highest BCUT2D eigenvalue weighted by Crippen LogP contribution is 2.28. The van der Waals surface area contributed by atoms with Gasteiger partial charge in [-0.25, -0.2) is 8.42 Å². The van der Waals surface area contributed by atoms with Gasteiger partial charge in [0.15, 0.2) is 0 Å². The third kappa shape index (κ3) is 4.71. The number of rotatable bonds is 6. The van der Waals surface area contributed by atoms with Crippen LogP contribution >= 0.6 is 22.9 Å². The molecule has 1 aliphatic heterocycles. The van der Waals surface area contributed by atoms with Gasteiger partial charge >= 0.3 is 0 Å². The molecule has 3 heterocycles. The maximum Gasteiger partial charge on any atom is 0.263 e. The van der Waals surface area contributed by atoms with E-state index in [1.807, 2.05) is 46.9 Å². The molecule has 1 aliphatic rings. The van der Waals surface area contributed by atoms with Crippen molar-refractivity contribution in [3.05, 3.63) is 65.3 Å². The van der Waals surface area contributed by atoms with Gasteiger partial charge in [0.1, 0.15) is 11.6 Å². The van der Waals surface area contributed by atoms with Crippen LogP contribution in [0.15, 0.2) is 65.1 Å². The fourth-order valence-corrected chi connectivity index (χ4v) is 6.21. The summed E-state index contributed by atoms with van der Waals surface area (Å²) in [4.78, 5) is 17.4. The number of piperazine rings is 1. The van der Waals surface area contributed by atoms with Crippen LogP contribution in [0.1, 0.15) is 14.4 Å². The first-order valence-corrected chi connectivity index (χ1v) is 13.8. The summed E-state index contributed by atoms with van der Waals surface area (Å²) >= 11 is 7.40. The van der Waals surface area contributed by atoms with E-state index >= 15 is 0 Å². The van der Waals surface area contributed by atoms with E-state index in [1.165, 1.54) is 5.51 Å². The number of nitrogens with one attached hydrogen (secondary N) is 1. The molecular formula is C23H25ClN6O3S2. The topological polar surface area (TPSA) is 100 Å². The number of hydrogen-bond acceptors (Lipinski definition) is 7. The summed E-state index contributed by atoms with van der Waals surface area (Å²) in [6, 6.07) is 14.0. The van der Waals surface area contributed by atoms with E-state index < -0.39 is 10.0 Å². The summed E-state index contributed by atoms with van der Waals surface area (Å²) < 4.78 is 29.4. The van der Waals surface area contributed by atoms with Crippen LogP contribution in [-0.4, -0.2) is 60.2 Å². The number of fused-ring (bicyclic) bond motifs is 1. The van der Waals surface area contributed by atoms with Gasteiger partial charge in [0.25, 0.3) is 10.0 Å². The molecule has 0 bridgehead atoms. The predicted octanol–water partition coefficient (Wildman–Crippen LogP) is 4.10. The number of hydrogen-bond donors (Lipinski definition) is 1. The lowest BCUT2D eigenvalue weighted by molar-refractivity contribution is -0.134. The molecule has 0 aliphatic carbocycles. The van der Waals surface area contributed by atoms with Crippen LogP contribution in [0.3, 0.4) is 0 Å². The fourth-order valence-electron chi connectivity index (χ4n) is 4.28. The van der Waals surface area contributed by atoms with Crippen LogP contribution in [-0.2, 0) is 14.8 Å². The van der Waals surface area contributed by atoms with Gasteiger partial charge in [-0.3, -0.25) is 9.52 Å². The molecule has 5 rings (SSSR count). The summed E-state index contributed by atoms with van der Waals surface area (Å²) in [5.41, 5.74) is 3.31. The Morgan fingerprint density at radius 3 is 2.54 bits per heavy atom. The molecule has 4 aromatic rings. The van der Waals surface area contributed by atoms with Crippen molar-refractivity contribution in [2.45, 2.75) is 17.9 Å². The molecule has 0 saturated carbocycles. The molecule has 1 unspecified atom stereocenters. The average molecular weight is 533 g/mol. The predicted molar refractivity (Wildman–Crippen MR) is 140 cm³/mol. The smallest absolute Gasteiger partial charge is 0.263 e. The standard InChI is InChI=1S/C23H23ClN6O3S2.H2/c1-16(30-10-9-19-20(24)3-2-4-21(19)30)22(31)29-13-11-28(12-14-29)17-5-7-18(8-6-17)35(32,33)27-23-26-25-15-34-23;/h2-10,15-16H,11-14H2,1H3,(H,26,27);1H. The molecule has 2 aromatic carbocycles. The minimum atomic E-state index is -3.72. The second-order valence-corrected chi connectivity index (χ2v) is 11.2. The van der Waals surface area contributed by atoms with Crippen molar-refractivity contribution < 1.29 is 14.6 Å². The minimum absolute atomic E-state index is 0. The van der Waals surface area contributed by atoms with Gasteiger partial charge in [0.2, 0.25) is 11.0 Å². The summed E-state index contributed by atoms with van der Waals surface area (Å²) in [6.45, 7) is 4.39. The first-order chi connectivity index (χ1) is 16.8. The lowest BCUT2D eigenvalue weighted by atomic mass is 10.2. The highest BCUT2D eigenvalue weighted by atomic mass is 35.5. The zero-order chi connectivity index (χ0) is 24.6. The maximum atomic E-state index is 13.2. The molecule has 1 N–H and O–H groups in total. The number of anilines is 2. The molecule has 184 valence electrons. The van der Waals surface area contributed by atoms with Gasteiger partial charge in [-0.05, 0) is 49.4 Å². The van der Waals surface area contributed by atoms with Gasteiger partial charge in [-0.2, -0.15) is 0 Å².